The average molecular weight is 137 g/mol. The van der Waals surface area contributed by atoms with Crippen molar-refractivity contribution in [3.8, 4) is 0 Å². The van der Waals surface area contributed by atoms with Crippen molar-refractivity contribution in [1.82, 2.24) is 0 Å². The molecule has 0 amide bonds. The summed E-state index contributed by atoms with van der Waals surface area (Å²) in [6, 6.07) is 0. The van der Waals surface area contributed by atoms with E-state index in [1.807, 2.05) is 0 Å². The van der Waals surface area contributed by atoms with Crippen LogP contribution in [0.3, 0.4) is 0 Å². The second-order valence-corrected chi connectivity index (χ2v) is 3.13. The van der Waals surface area contributed by atoms with Crippen molar-refractivity contribution in [2.75, 3.05) is 6.16 Å². The first-order chi connectivity index (χ1) is 3.56. The van der Waals surface area contributed by atoms with Crippen LogP contribution in [0.1, 0.15) is 13.8 Å². The summed E-state index contributed by atoms with van der Waals surface area (Å²) in [6.07, 6.45) is 0.601. The minimum atomic E-state index is -0.641. The van der Waals surface area contributed by atoms with Crippen molar-refractivity contribution in [2.24, 2.45) is 5.90 Å². The van der Waals surface area contributed by atoms with Crippen molar-refractivity contribution in [2.45, 2.75) is 19.4 Å². The predicted molar refractivity (Wildman–Crippen MR) is 34.8 cm³/mol. The monoisotopic (exact) mass is 137 g/mol. The number of rotatable bonds is 3. The zero-order chi connectivity index (χ0) is 6.62. The van der Waals surface area contributed by atoms with Crippen LogP contribution < -0.4 is 5.90 Å². The van der Waals surface area contributed by atoms with Gasteiger partial charge in [0.1, 0.15) is 0 Å². The molecule has 0 spiro atoms. The maximum Gasteiger partial charge on any atom is 0.0650 e. The van der Waals surface area contributed by atoms with Crippen LogP contribution in [0.4, 0.5) is 0 Å². The van der Waals surface area contributed by atoms with E-state index in [1.54, 1.807) is 13.8 Å². The zero-order valence-electron chi connectivity index (χ0n) is 5.14. The highest BCUT2D eigenvalue weighted by molar-refractivity contribution is 7.32. The lowest BCUT2D eigenvalue weighted by molar-refractivity contribution is 0.104. The van der Waals surface area contributed by atoms with Gasteiger partial charge in [-0.25, -0.2) is 5.90 Å². The molecule has 0 rings (SSSR count). The van der Waals surface area contributed by atoms with Crippen LogP contribution in [-0.2, 0) is 4.62 Å². The second-order valence-electron chi connectivity index (χ2n) is 2.25. The van der Waals surface area contributed by atoms with Gasteiger partial charge in [0, 0.05) is 15.0 Å². The fourth-order valence-corrected chi connectivity index (χ4v) is 0.655. The van der Waals surface area contributed by atoms with E-state index in [-0.39, 0.29) is 8.81 Å². The van der Waals surface area contributed by atoms with Gasteiger partial charge in [0.25, 0.3) is 0 Å². The number of aliphatic hydroxyl groups is 1. The first-order valence-electron chi connectivity index (χ1n) is 2.37. The third-order valence-electron chi connectivity index (χ3n) is 0.588. The van der Waals surface area contributed by atoms with Gasteiger partial charge in [0.05, 0.1) is 5.60 Å². The van der Waals surface area contributed by atoms with Crippen LogP contribution in [0, 0.1) is 0 Å². The number of nitrogens with two attached hydrogens (primary N) is 1. The number of hydrogen-bond acceptors (Lipinski definition) is 3. The predicted octanol–water partition coefficient (Wildman–Crippen LogP) is 0.241. The summed E-state index contributed by atoms with van der Waals surface area (Å²) in [6.45, 7) is 3.44. The summed E-state index contributed by atoms with van der Waals surface area (Å²) in [5.41, 5.74) is -0.641. The van der Waals surface area contributed by atoms with Gasteiger partial charge in [-0.15, -0.1) is 0 Å². The quantitative estimate of drug-likeness (QED) is 0.432. The van der Waals surface area contributed by atoms with Crippen LogP contribution in [0.15, 0.2) is 0 Å². The molecule has 4 heteroatoms. The summed E-state index contributed by atoms with van der Waals surface area (Å²) >= 11 is 0. The largest absolute Gasteiger partial charge is 0.390 e. The van der Waals surface area contributed by atoms with E-state index in [9.17, 15) is 0 Å². The van der Waals surface area contributed by atoms with E-state index >= 15 is 0 Å². The van der Waals surface area contributed by atoms with Crippen molar-refractivity contribution in [1.29, 1.82) is 0 Å². The number of hydrogen-bond donors (Lipinski definition) is 2. The molecule has 0 bridgehead atoms. The lowest BCUT2D eigenvalue weighted by atomic mass is 10.2. The highest BCUT2D eigenvalue weighted by Gasteiger charge is 2.10. The summed E-state index contributed by atoms with van der Waals surface area (Å²) < 4.78 is 4.29. The first-order valence-corrected chi connectivity index (χ1v) is 3.49. The summed E-state index contributed by atoms with van der Waals surface area (Å²) in [4.78, 5) is 0. The van der Waals surface area contributed by atoms with E-state index in [1.165, 1.54) is 0 Å². The van der Waals surface area contributed by atoms with Crippen LogP contribution in [0.5, 0.6) is 0 Å². The van der Waals surface area contributed by atoms with E-state index in [4.69, 9.17) is 11.0 Å². The Balaban J connectivity index is 3.11. The summed E-state index contributed by atoms with van der Waals surface area (Å²) in [5, 5.41) is 9.02. The molecule has 0 aromatic heterocycles. The third-order valence-corrected chi connectivity index (χ3v) is 1.76. The molecule has 50 valence electrons. The molecule has 0 radical (unpaired) electrons. The topological polar surface area (TPSA) is 55.5 Å². The molecular formula is C4H12NO2P. The van der Waals surface area contributed by atoms with Gasteiger partial charge in [-0.3, -0.25) is 4.62 Å². The SMILES string of the molecule is CC(C)(O)CPON. The van der Waals surface area contributed by atoms with Crippen molar-refractivity contribution in [3.63, 3.8) is 0 Å². The molecule has 0 saturated carbocycles. The highest BCUT2D eigenvalue weighted by atomic mass is 31.1. The molecule has 0 aromatic carbocycles. The maximum atomic E-state index is 9.02. The first kappa shape index (κ1) is 8.31. The Morgan fingerprint density at radius 1 is 1.75 bits per heavy atom. The molecule has 0 aromatic rings. The molecule has 1 unspecified atom stereocenters. The van der Waals surface area contributed by atoms with Crippen LogP contribution >= 0.6 is 8.81 Å². The van der Waals surface area contributed by atoms with Gasteiger partial charge >= 0.3 is 0 Å². The summed E-state index contributed by atoms with van der Waals surface area (Å²) in [7, 11) is 0.194. The second kappa shape index (κ2) is 3.36. The molecule has 0 aliphatic heterocycles. The third kappa shape index (κ3) is 6.31. The van der Waals surface area contributed by atoms with E-state index in [2.05, 4.69) is 4.62 Å². The smallest absolute Gasteiger partial charge is 0.0650 e. The Kier molecular flexibility index (Phi) is 3.49. The molecule has 3 N–H and O–H groups in total. The lowest BCUT2D eigenvalue weighted by Gasteiger charge is -2.14. The Hall–Kier alpha value is 0.310. The van der Waals surface area contributed by atoms with E-state index in [0.29, 0.717) is 6.16 Å². The molecule has 0 aliphatic carbocycles. The maximum absolute atomic E-state index is 9.02. The van der Waals surface area contributed by atoms with Crippen LogP contribution in [0.2, 0.25) is 0 Å². The molecule has 8 heavy (non-hydrogen) atoms. The van der Waals surface area contributed by atoms with Gasteiger partial charge in [0.15, 0.2) is 0 Å². The molecule has 0 fully saturated rings. The normalized spacial score (nSPS) is 13.5. The molecule has 3 nitrogen and oxygen atoms in total. The zero-order valence-corrected chi connectivity index (χ0v) is 6.14. The molecule has 0 heterocycles. The van der Waals surface area contributed by atoms with Gasteiger partial charge in [-0.1, -0.05) is 0 Å². The Bertz CT molecular complexity index is 61.5. The molecule has 0 aliphatic rings. The van der Waals surface area contributed by atoms with Crippen molar-refractivity contribution < 1.29 is 9.73 Å². The van der Waals surface area contributed by atoms with E-state index < -0.39 is 5.60 Å². The fourth-order valence-electron chi connectivity index (χ4n) is 0.218. The Morgan fingerprint density at radius 2 is 2.25 bits per heavy atom. The van der Waals surface area contributed by atoms with Crippen LogP contribution in [-0.4, -0.2) is 16.9 Å². The Morgan fingerprint density at radius 3 is 2.38 bits per heavy atom. The minimum absolute atomic E-state index is 0.194. The molecular weight excluding hydrogens is 125 g/mol. The van der Waals surface area contributed by atoms with Gasteiger partial charge in [-0.05, 0) is 13.8 Å². The molecule has 0 saturated heterocycles. The minimum Gasteiger partial charge on any atom is -0.390 e. The van der Waals surface area contributed by atoms with Gasteiger partial charge < -0.3 is 5.11 Å². The fraction of sp³-hybridized carbons (Fsp3) is 1.00. The Labute approximate surface area is 51.0 Å². The van der Waals surface area contributed by atoms with Gasteiger partial charge in [0.2, 0.25) is 0 Å². The summed E-state index contributed by atoms with van der Waals surface area (Å²) in [5.74, 6) is 4.74. The average Bonchev–Trinajstić information content (AvgIpc) is 1.59. The van der Waals surface area contributed by atoms with Crippen molar-refractivity contribution in [3.05, 3.63) is 0 Å². The molecule has 1 atom stereocenters. The highest BCUT2D eigenvalue weighted by Crippen LogP contribution is 2.16. The van der Waals surface area contributed by atoms with Gasteiger partial charge in [-0.2, -0.15) is 0 Å². The van der Waals surface area contributed by atoms with Crippen LogP contribution in [0.25, 0.3) is 0 Å². The van der Waals surface area contributed by atoms with E-state index in [0.717, 1.165) is 0 Å². The lowest BCUT2D eigenvalue weighted by Crippen LogP contribution is -2.21. The van der Waals surface area contributed by atoms with Crippen molar-refractivity contribution >= 4 is 8.81 Å². The standard InChI is InChI=1S/C4H12NO2P/c1-4(2,6)3-8-7-5/h6,8H,3,5H2,1-2H3.